The Balaban J connectivity index is 2.26. The van der Waals surface area contributed by atoms with Crippen LogP contribution in [0.15, 0.2) is 30.3 Å². The molecule has 1 aromatic carbocycles. The molecule has 0 bridgehead atoms. The van der Waals surface area contributed by atoms with Crippen molar-refractivity contribution in [2.24, 2.45) is 5.73 Å². The lowest BCUT2D eigenvalue weighted by atomic mass is 10.0. The highest BCUT2D eigenvalue weighted by Crippen LogP contribution is 2.22. The molecule has 2 aromatic rings. The first-order valence-corrected chi connectivity index (χ1v) is 6.27. The number of nitrogens with two attached hydrogens (primary N) is 1. The molecule has 0 saturated carbocycles. The van der Waals surface area contributed by atoms with Crippen molar-refractivity contribution >= 4 is 10.9 Å². The van der Waals surface area contributed by atoms with Crippen LogP contribution in [0.1, 0.15) is 36.6 Å². The van der Waals surface area contributed by atoms with Gasteiger partial charge in [0, 0.05) is 17.8 Å². The second kappa shape index (κ2) is 5.66. The fourth-order valence-corrected chi connectivity index (χ4v) is 2.14. The predicted octanol–water partition coefficient (Wildman–Crippen LogP) is 3.35. The first kappa shape index (κ1) is 12.6. The molecule has 0 aliphatic rings. The van der Waals surface area contributed by atoms with E-state index in [1.807, 2.05) is 18.2 Å². The molecule has 0 saturated heterocycles. The molecule has 2 N–H and O–H groups in total. The molecular formula is C16H18N2. The number of nitrogens with zero attached hydrogens (tertiary/aromatic N) is 1. The van der Waals surface area contributed by atoms with Crippen molar-refractivity contribution in [3.63, 3.8) is 0 Å². The Hall–Kier alpha value is -1.85. The van der Waals surface area contributed by atoms with E-state index in [0.29, 0.717) is 0 Å². The summed E-state index contributed by atoms with van der Waals surface area (Å²) in [6.07, 6.45) is 7.86. The number of benzene rings is 1. The van der Waals surface area contributed by atoms with Crippen molar-refractivity contribution in [3.8, 4) is 12.3 Å². The zero-order valence-electron chi connectivity index (χ0n) is 10.7. The summed E-state index contributed by atoms with van der Waals surface area (Å²) in [5.41, 5.74) is 9.36. The quantitative estimate of drug-likeness (QED) is 0.655. The second-order valence-corrected chi connectivity index (χ2v) is 4.58. The van der Waals surface area contributed by atoms with Crippen molar-refractivity contribution in [1.29, 1.82) is 0 Å². The molecule has 92 valence electrons. The second-order valence-electron chi connectivity index (χ2n) is 4.58. The zero-order chi connectivity index (χ0) is 13.0. The first-order valence-electron chi connectivity index (χ1n) is 6.27. The summed E-state index contributed by atoms with van der Waals surface area (Å²) >= 11 is 0. The highest BCUT2D eigenvalue weighted by atomic mass is 14.8. The molecule has 2 nitrogen and oxygen atoms in total. The standard InChI is InChI=1S/C16H18N2/c1-3-4-5-9-14(17)16-11-12(2)13-8-6-7-10-15(13)18-16/h1,6-8,10-11,14H,4-5,9,17H2,2H3. The van der Waals surface area contributed by atoms with Gasteiger partial charge in [-0.3, -0.25) is 4.98 Å². The molecule has 0 radical (unpaired) electrons. The highest BCUT2D eigenvalue weighted by molar-refractivity contribution is 5.82. The van der Waals surface area contributed by atoms with E-state index >= 15 is 0 Å². The van der Waals surface area contributed by atoms with E-state index in [2.05, 4.69) is 30.0 Å². The third kappa shape index (κ3) is 2.69. The number of hydrogen-bond acceptors (Lipinski definition) is 2. The molecule has 0 aliphatic carbocycles. The van der Waals surface area contributed by atoms with Gasteiger partial charge in [0.15, 0.2) is 0 Å². The normalized spacial score (nSPS) is 12.3. The van der Waals surface area contributed by atoms with Crippen LogP contribution in [-0.4, -0.2) is 4.98 Å². The van der Waals surface area contributed by atoms with Crippen LogP contribution >= 0.6 is 0 Å². The van der Waals surface area contributed by atoms with E-state index in [4.69, 9.17) is 12.2 Å². The number of terminal acetylenes is 1. The van der Waals surface area contributed by atoms with Gasteiger partial charge in [-0.15, -0.1) is 12.3 Å². The highest BCUT2D eigenvalue weighted by Gasteiger charge is 2.09. The summed E-state index contributed by atoms with van der Waals surface area (Å²) in [5, 5.41) is 1.19. The van der Waals surface area contributed by atoms with E-state index in [-0.39, 0.29) is 6.04 Å². The van der Waals surface area contributed by atoms with Gasteiger partial charge in [0.1, 0.15) is 0 Å². The Morgan fingerprint density at radius 1 is 1.39 bits per heavy atom. The smallest absolute Gasteiger partial charge is 0.0708 e. The molecule has 0 aliphatic heterocycles. The number of aromatic nitrogens is 1. The Labute approximate surface area is 108 Å². The van der Waals surface area contributed by atoms with Crippen LogP contribution in [-0.2, 0) is 0 Å². The van der Waals surface area contributed by atoms with Crippen molar-refractivity contribution in [2.75, 3.05) is 0 Å². The van der Waals surface area contributed by atoms with Gasteiger partial charge in [0.05, 0.1) is 11.2 Å². The van der Waals surface area contributed by atoms with E-state index in [1.54, 1.807) is 0 Å². The monoisotopic (exact) mass is 238 g/mol. The summed E-state index contributed by atoms with van der Waals surface area (Å²) in [5.74, 6) is 2.64. The van der Waals surface area contributed by atoms with Crippen molar-refractivity contribution < 1.29 is 0 Å². The van der Waals surface area contributed by atoms with Gasteiger partial charge in [0.2, 0.25) is 0 Å². The van der Waals surface area contributed by atoms with Crippen LogP contribution < -0.4 is 5.73 Å². The molecule has 0 fully saturated rings. The average Bonchev–Trinajstić information content (AvgIpc) is 2.39. The van der Waals surface area contributed by atoms with Crippen LogP contribution in [0.5, 0.6) is 0 Å². The fraction of sp³-hybridized carbons (Fsp3) is 0.312. The molecule has 1 atom stereocenters. The van der Waals surface area contributed by atoms with E-state index in [9.17, 15) is 0 Å². The fourth-order valence-electron chi connectivity index (χ4n) is 2.14. The van der Waals surface area contributed by atoms with Gasteiger partial charge in [-0.1, -0.05) is 18.2 Å². The van der Waals surface area contributed by atoms with Crippen molar-refractivity contribution in [3.05, 3.63) is 41.6 Å². The molecule has 1 unspecified atom stereocenters. The van der Waals surface area contributed by atoms with E-state index in [1.165, 1.54) is 10.9 Å². The number of para-hydroxylation sites is 1. The van der Waals surface area contributed by atoms with Crippen molar-refractivity contribution in [1.82, 2.24) is 4.98 Å². The van der Waals surface area contributed by atoms with E-state index in [0.717, 1.165) is 30.5 Å². The van der Waals surface area contributed by atoms with Crippen LogP contribution in [0, 0.1) is 19.3 Å². The maximum absolute atomic E-state index is 6.16. The summed E-state index contributed by atoms with van der Waals surface area (Å²) in [6, 6.07) is 10.2. The van der Waals surface area contributed by atoms with Crippen LogP contribution in [0.4, 0.5) is 0 Å². The Morgan fingerprint density at radius 3 is 2.94 bits per heavy atom. The molecule has 2 rings (SSSR count). The molecule has 2 heteroatoms. The lowest BCUT2D eigenvalue weighted by Gasteiger charge is -2.12. The molecule has 1 heterocycles. The minimum Gasteiger partial charge on any atom is -0.323 e. The largest absolute Gasteiger partial charge is 0.323 e. The predicted molar refractivity (Wildman–Crippen MR) is 76.1 cm³/mol. The molecule has 18 heavy (non-hydrogen) atoms. The van der Waals surface area contributed by atoms with Crippen molar-refractivity contribution in [2.45, 2.75) is 32.2 Å². The number of rotatable bonds is 4. The number of unbranched alkanes of at least 4 members (excludes halogenated alkanes) is 1. The Bertz CT molecular complexity index is 581. The number of hydrogen-bond donors (Lipinski definition) is 1. The first-order chi connectivity index (χ1) is 8.72. The molecule has 0 spiro atoms. The summed E-state index contributed by atoms with van der Waals surface area (Å²) < 4.78 is 0. The molecule has 0 amide bonds. The van der Waals surface area contributed by atoms with Crippen LogP contribution in [0.3, 0.4) is 0 Å². The lowest BCUT2D eigenvalue weighted by molar-refractivity contribution is 0.608. The van der Waals surface area contributed by atoms with Gasteiger partial charge in [-0.25, -0.2) is 0 Å². The Kier molecular flexibility index (Phi) is 3.96. The average molecular weight is 238 g/mol. The molecule has 1 aromatic heterocycles. The van der Waals surface area contributed by atoms with Crippen LogP contribution in [0.25, 0.3) is 10.9 Å². The van der Waals surface area contributed by atoms with Gasteiger partial charge in [-0.05, 0) is 37.5 Å². The zero-order valence-corrected chi connectivity index (χ0v) is 10.7. The number of fused-ring (bicyclic) bond motifs is 1. The Morgan fingerprint density at radius 2 is 2.17 bits per heavy atom. The van der Waals surface area contributed by atoms with Gasteiger partial charge in [0.25, 0.3) is 0 Å². The number of aryl methyl sites for hydroxylation is 1. The summed E-state index contributed by atoms with van der Waals surface area (Å²) in [7, 11) is 0. The topological polar surface area (TPSA) is 38.9 Å². The maximum Gasteiger partial charge on any atom is 0.0708 e. The van der Waals surface area contributed by atoms with Gasteiger partial charge in [-0.2, -0.15) is 0 Å². The SMILES string of the molecule is C#CCCCC(N)c1cc(C)c2ccccc2n1. The molecular weight excluding hydrogens is 220 g/mol. The third-order valence-electron chi connectivity index (χ3n) is 3.16. The summed E-state index contributed by atoms with van der Waals surface area (Å²) in [4.78, 5) is 4.64. The minimum atomic E-state index is -0.0262. The van der Waals surface area contributed by atoms with E-state index < -0.39 is 0 Å². The lowest BCUT2D eigenvalue weighted by Crippen LogP contribution is -2.12. The van der Waals surface area contributed by atoms with Gasteiger partial charge >= 0.3 is 0 Å². The van der Waals surface area contributed by atoms with Crippen LogP contribution in [0.2, 0.25) is 0 Å². The summed E-state index contributed by atoms with van der Waals surface area (Å²) in [6.45, 7) is 2.10. The minimum absolute atomic E-state index is 0.0262. The number of pyridine rings is 1. The third-order valence-corrected chi connectivity index (χ3v) is 3.16. The van der Waals surface area contributed by atoms with Gasteiger partial charge < -0.3 is 5.73 Å². The maximum atomic E-state index is 6.16.